The van der Waals surface area contributed by atoms with E-state index in [0.29, 0.717) is 26.2 Å². The number of aliphatic hydroxyl groups excluding tert-OH is 3. The Hall–Kier alpha value is -2.78. The van der Waals surface area contributed by atoms with Crippen LogP contribution in [0.4, 0.5) is 4.39 Å². The molecule has 0 saturated carbocycles. The summed E-state index contributed by atoms with van der Waals surface area (Å²) in [6.45, 7) is -0.250. The predicted molar refractivity (Wildman–Crippen MR) is 152 cm³/mol. The molecule has 40 heavy (non-hydrogen) atoms. The molecule has 1 aliphatic rings. The van der Waals surface area contributed by atoms with Crippen molar-refractivity contribution in [1.29, 1.82) is 0 Å². The van der Waals surface area contributed by atoms with Gasteiger partial charge in [-0.1, -0.05) is 12.1 Å². The lowest BCUT2D eigenvalue weighted by Gasteiger charge is -2.40. The first kappa shape index (κ1) is 31.7. The van der Waals surface area contributed by atoms with Crippen LogP contribution >= 0.6 is 22.6 Å². The summed E-state index contributed by atoms with van der Waals surface area (Å²) in [4.78, 5) is 27.8. The van der Waals surface area contributed by atoms with Crippen LogP contribution in [0.3, 0.4) is 0 Å². The third kappa shape index (κ3) is 8.13. The summed E-state index contributed by atoms with van der Waals surface area (Å²) in [7, 11) is 2.92. The van der Waals surface area contributed by atoms with E-state index in [1.807, 2.05) is 22.6 Å². The van der Waals surface area contributed by atoms with Crippen molar-refractivity contribution in [3.63, 3.8) is 0 Å². The molecule has 0 bridgehead atoms. The van der Waals surface area contributed by atoms with Crippen LogP contribution in [0, 0.1) is 9.39 Å². The van der Waals surface area contributed by atoms with Gasteiger partial charge in [0.1, 0.15) is 18.0 Å². The number of aliphatic hydroxyl groups is 3. The van der Waals surface area contributed by atoms with E-state index in [-0.39, 0.29) is 57.2 Å². The SMILES string of the molecule is COCCC(=O)N(Cc1ccc(F)cc1)C1CC(C(=O)NCCO)=CC(Oc2c(I)cc(CO)cc2OC)C1O. The Bertz CT molecular complexity index is 1190. The standard InChI is InChI=1S/C28H34FIN2O8/c1-38-10-7-25(35)32(15-17-3-5-20(29)6-4-17)22-13-19(28(37)31-8-9-33)14-23(26(22)36)40-27-21(30)11-18(16-34)12-24(27)39-2/h3-6,11-12,14,22-23,26,33-34,36H,7-10,13,15-16H2,1-2H3,(H,31,37). The van der Waals surface area contributed by atoms with E-state index >= 15 is 0 Å². The molecular weight excluding hydrogens is 638 g/mol. The predicted octanol–water partition coefficient (Wildman–Crippen LogP) is 1.91. The van der Waals surface area contributed by atoms with Crippen LogP contribution in [0.2, 0.25) is 0 Å². The topological polar surface area (TPSA) is 138 Å². The molecule has 2 amide bonds. The minimum absolute atomic E-state index is 0.00980. The van der Waals surface area contributed by atoms with E-state index in [4.69, 9.17) is 14.2 Å². The summed E-state index contributed by atoms with van der Waals surface area (Å²) in [6, 6.07) is 8.10. The highest BCUT2D eigenvalue weighted by molar-refractivity contribution is 14.1. The Kier molecular flexibility index (Phi) is 12.1. The minimum Gasteiger partial charge on any atom is -0.493 e. The molecule has 12 heteroatoms. The number of methoxy groups -OCH3 is 2. The van der Waals surface area contributed by atoms with Crippen molar-refractivity contribution in [3.8, 4) is 11.5 Å². The highest BCUT2D eigenvalue weighted by Gasteiger charge is 2.41. The van der Waals surface area contributed by atoms with E-state index in [1.165, 1.54) is 37.3 Å². The van der Waals surface area contributed by atoms with Gasteiger partial charge in [0.2, 0.25) is 11.8 Å². The lowest BCUT2D eigenvalue weighted by Crippen LogP contribution is -2.55. The van der Waals surface area contributed by atoms with Crippen LogP contribution in [0.25, 0.3) is 0 Å². The van der Waals surface area contributed by atoms with Crippen molar-refractivity contribution in [2.75, 3.05) is 34.0 Å². The van der Waals surface area contributed by atoms with E-state index in [9.17, 15) is 29.3 Å². The number of amides is 2. The second kappa shape index (κ2) is 15.3. The Labute approximate surface area is 245 Å². The van der Waals surface area contributed by atoms with Gasteiger partial charge in [-0.15, -0.1) is 0 Å². The van der Waals surface area contributed by atoms with Crippen LogP contribution < -0.4 is 14.8 Å². The van der Waals surface area contributed by atoms with Crippen LogP contribution in [0.1, 0.15) is 24.0 Å². The second-order valence-corrected chi connectivity index (χ2v) is 10.3. The number of halogens is 2. The molecule has 0 saturated heterocycles. The number of carbonyl (C=O) groups is 2. The first-order valence-corrected chi connectivity index (χ1v) is 13.7. The highest BCUT2D eigenvalue weighted by Crippen LogP contribution is 2.37. The second-order valence-electron chi connectivity index (χ2n) is 9.17. The van der Waals surface area contributed by atoms with E-state index in [0.717, 1.165) is 0 Å². The summed E-state index contributed by atoms with van der Waals surface area (Å²) in [5, 5.41) is 33.0. The average molecular weight is 672 g/mol. The smallest absolute Gasteiger partial charge is 0.247 e. The molecule has 4 N–H and O–H groups in total. The number of nitrogens with one attached hydrogen (secondary N) is 1. The largest absolute Gasteiger partial charge is 0.493 e. The maximum atomic E-state index is 13.6. The van der Waals surface area contributed by atoms with Crippen LogP contribution in [0.5, 0.6) is 11.5 Å². The highest BCUT2D eigenvalue weighted by atomic mass is 127. The van der Waals surface area contributed by atoms with Gasteiger partial charge in [0.25, 0.3) is 0 Å². The lowest BCUT2D eigenvalue weighted by molar-refractivity contribution is -0.140. The first-order chi connectivity index (χ1) is 19.2. The molecule has 0 heterocycles. The fraction of sp³-hybridized carbons (Fsp3) is 0.429. The zero-order valence-electron chi connectivity index (χ0n) is 22.3. The maximum absolute atomic E-state index is 13.6. The van der Waals surface area contributed by atoms with Crippen molar-refractivity contribution in [1.82, 2.24) is 10.2 Å². The van der Waals surface area contributed by atoms with Gasteiger partial charge in [-0.25, -0.2) is 4.39 Å². The average Bonchev–Trinajstić information content (AvgIpc) is 2.96. The maximum Gasteiger partial charge on any atom is 0.247 e. The van der Waals surface area contributed by atoms with Crippen molar-refractivity contribution >= 4 is 34.4 Å². The number of carbonyl (C=O) groups excluding carboxylic acids is 2. The Morgan fingerprint density at radius 2 is 1.88 bits per heavy atom. The quantitative estimate of drug-likeness (QED) is 0.237. The molecule has 0 radical (unpaired) electrons. The molecule has 3 atom stereocenters. The Morgan fingerprint density at radius 1 is 1.15 bits per heavy atom. The van der Waals surface area contributed by atoms with Gasteiger partial charge >= 0.3 is 0 Å². The van der Waals surface area contributed by atoms with E-state index < -0.39 is 30.0 Å². The molecule has 3 rings (SSSR count). The fourth-order valence-electron chi connectivity index (χ4n) is 4.40. The van der Waals surface area contributed by atoms with Crippen LogP contribution in [0.15, 0.2) is 48.0 Å². The van der Waals surface area contributed by atoms with Gasteiger partial charge in [-0.3, -0.25) is 9.59 Å². The van der Waals surface area contributed by atoms with E-state index in [2.05, 4.69) is 5.32 Å². The number of rotatable bonds is 13. The fourth-order valence-corrected chi connectivity index (χ4v) is 5.20. The summed E-state index contributed by atoms with van der Waals surface area (Å²) in [5.74, 6) is -0.599. The number of ether oxygens (including phenoxy) is 3. The summed E-state index contributed by atoms with van der Waals surface area (Å²) >= 11 is 2.03. The zero-order valence-corrected chi connectivity index (χ0v) is 24.5. The number of hydrogen-bond donors (Lipinski definition) is 4. The summed E-state index contributed by atoms with van der Waals surface area (Å²) < 4.78 is 30.9. The van der Waals surface area contributed by atoms with Crippen molar-refractivity contribution in [3.05, 3.63) is 68.6 Å². The molecule has 0 aliphatic heterocycles. The summed E-state index contributed by atoms with van der Waals surface area (Å²) in [6.07, 6.45) is -0.799. The molecule has 218 valence electrons. The van der Waals surface area contributed by atoms with Gasteiger partial charge in [-0.05, 0) is 64.1 Å². The molecule has 2 aromatic carbocycles. The minimum atomic E-state index is -1.26. The van der Waals surface area contributed by atoms with Crippen LogP contribution in [-0.2, 0) is 27.5 Å². The van der Waals surface area contributed by atoms with Gasteiger partial charge in [-0.2, -0.15) is 0 Å². The molecule has 1 aliphatic carbocycles. The number of benzene rings is 2. The van der Waals surface area contributed by atoms with Gasteiger partial charge < -0.3 is 39.7 Å². The van der Waals surface area contributed by atoms with Crippen LogP contribution in [-0.4, -0.2) is 84.3 Å². The van der Waals surface area contributed by atoms with Gasteiger partial charge in [0.05, 0.1) is 43.0 Å². The zero-order chi connectivity index (χ0) is 29.2. The normalized spacial score (nSPS) is 18.6. The van der Waals surface area contributed by atoms with Crippen molar-refractivity contribution in [2.45, 2.75) is 44.2 Å². The van der Waals surface area contributed by atoms with E-state index in [1.54, 1.807) is 24.3 Å². The van der Waals surface area contributed by atoms with Crippen molar-refractivity contribution < 1.29 is 43.5 Å². The number of hydrogen-bond acceptors (Lipinski definition) is 8. The Balaban J connectivity index is 2.02. The molecule has 2 aromatic rings. The first-order valence-electron chi connectivity index (χ1n) is 12.7. The third-order valence-corrected chi connectivity index (χ3v) is 7.25. The number of nitrogens with zero attached hydrogens (tertiary/aromatic N) is 1. The lowest BCUT2D eigenvalue weighted by atomic mass is 9.87. The van der Waals surface area contributed by atoms with Gasteiger partial charge in [0.15, 0.2) is 11.5 Å². The van der Waals surface area contributed by atoms with Gasteiger partial charge in [0, 0.05) is 32.2 Å². The monoisotopic (exact) mass is 672 g/mol. The molecule has 3 unspecified atom stereocenters. The molecule has 0 fully saturated rings. The molecule has 0 aromatic heterocycles. The third-order valence-electron chi connectivity index (χ3n) is 6.45. The Morgan fingerprint density at radius 3 is 2.50 bits per heavy atom. The summed E-state index contributed by atoms with van der Waals surface area (Å²) in [5.41, 5.74) is 1.50. The molecular formula is C28H34FIN2O8. The molecule has 10 nitrogen and oxygen atoms in total. The van der Waals surface area contributed by atoms with Crippen molar-refractivity contribution in [2.24, 2.45) is 0 Å². The molecule has 0 spiro atoms.